The highest BCUT2D eigenvalue weighted by molar-refractivity contribution is 5.96. The fourth-order valence-corrected chi connectivity index (χ4v) is 4.62. The average molecular weight is 503 g/mol. The summed E-state index contributed by atoms with van der Waals surface area (Å²) in [6.45, 7) is 2.93. The van der Waals surface area contributed by atoms with E-state index in [1.165, 1.54) is 4.90 Å². The van der Waals surface area contributed by atoms with Gasteiger partial charge in [-0.2, -0.15) is 13.2 Å². The second-order valence-corrected chi connectivity index (χ2v) is 9.08. The minimum atomic E-state index is -4.72. The van der Waals surface area contributed by atoms with Crippen LogP contribution in [0.5, 0.6) is 0 Å². The van der Waals surface area contributed by atoms with E-state index in [9.17, 15) is 26.7 Å². The number of nitrogens with zero attached hydrogens (tertiary/aromatic N) is 4. The number of rotatable bonds is 5. The molecule has 0 radical (unpaired) electrons. The normalized spacial score (nSPS) is 16.6. The molecule has 1 aliphatic rings. The number of nitrogens with one attached hydrogen (secondary N) is 1. The van der Waals surface area contributed by atoms with E-state index < -0.39 is 36.8 Å². The number of hydrogen-bond donors (Lipinski definition) is 1. The zero-order chi connectivity index (χ0) is 25.8. The number of para-hydroxylation sites is 1. The number of fused-ring (bicyclic) bond motifs is 3. The summed E-state index contributed by atoms with van der Waals surface area (Å²) in [4.78, 5) is 21.2. The van der Waals surface area contributed by atoms with Crippen LogP contribution >= 0.6 is 0 Å². The molecule has 6 nitrogen and oxygen atoms in total. The lowest BCUT2D eigenvalue weighted by Crippen LogP contribution is -2.27. The number of benzene rings is 2. The molecular weight excluding hydrogens is 481 g/mol. The Morgan fingerprint density at radius 1 is 1.17 bits per heavy atom. The van der Waals surface area contributed by atoms with E-state index in [0.29, 0.717) is 27.7 Å². The van der Waals surface area contributed by atoms with Crippen molar-refractivity contribution in [3.05, 3.63) is 65.0 Å². The van der Waals surface area contributed by atoms with E-state index in [2.05, 4.69) is 15.3 Å². The lowest BCUT2D eigenvalue weighted by Gasteiger charge is -2.22. The molecule has 1 N–H and O–H groups in total. The number of carbonyl (C=O) groups excluding carboxylic acids is 1. The lowest BCUT2D eigenvalue weighted by atomic mass is 10.0. The van der Waals surface area contributed by atoms with Gasteiger partial charge < -0.3 is 10.2 Å². The van der Waals surface area contributed by atoms with Crippen LogP contribution in [-0.4, -0.2) is 39.7 Å². The Bertz CT molecular complexity index is 1480. The minimum absolute atomic E-state index is 0.0111. The van der Waals surface area contributed by atoms with Gasteiger partial charge in [0.1, 0.15) is 5.65 Å². The molecule has 3 heterocycles. The van der Waals surface area contributed by atoms with E-state index in [1.807, 2.05) is 13.0 Å². The van der Waals surface area contributed by atoms with Gasteiger partial charge in [-0.25, -0.2) is 18.7 Å². The zero-order valence-corrected chi connectivity index (χ0v) is 19.4. The predicted octanol–water partition coefficient (Wildman–Crippen LogP) is 6.04. The standard InChI is InChI=1S/C25H22F5N5O/c1-14-9-17(15(2)31-19-6-4-3-5-16(19)12-36)21-18(10-14)22-32-20(25(28,29)30)11-35(22)23(33-21)34-8-7-24(26,27)13-34/h3-6,9-12,15,31H,7-8,13H2,1-2H3. The van der Waals surface area contributed by atoms with E-state index in [-0.39, 0.29) is 18.1 Å². The first-order chi connectivity index (χ1) is 17.0. The molecule has 1 unspecified atom stereocenters. The summed E-state index contributed by atoms with van der Waals surface area (Å²) >= 11 is 0. The molecule has 0 amide bonds. The first kappa shape index (κ1) is 24.0. The fraction of sp³-hybridized carbons (Fsp3) is 0.320. The largest absolute Gasteiger partial charge is 0.434 e. The van der Waals surface area contributed by atoms with E-state index in [1.54, 1.807) is 37.3 Å². The van der Waals surface area contributed by atoms with Crippen LogP contribution in [-0.2, 0) is 6.18 Å². The molecular formula is C25H22F5N5O. The summed E-state index contributed by atoms with van der Waals surface area (Å²) in [5.74, 6) is -3.00. The van der Waals surface area contributed by atoms with Crippen molar-refractivity contribution in [2.45, 2.75) is 38.4 Å². The summed E-state index contributed by atoms with van der Waals surface area (Å²) in [7, 11) is 0. The summed E-state index contributed by atoms with van der Waals surface area (Å²) in [6.07, 6.45) is -3.61. The SMILES string of the molecule is Cc1cc(C(C)Nc2ccccc2C=O)c2nc(N3CCC(F)(F)C3)n3cc(C(F)(F)F)nc3c2c1. The maximum atomic E-state index is 14.0. The van der Waals surface area contributed by atoms with E-state index in [0.717, 1.165) is 22.4 Å². The van der Waals surface area contributed by atoms with E-state index >= 15 is 0 Å². The molecule has 36 heavy (non-hydrogen) atoms. The lowest BCUT2D eigenvalue weighted by molar-refractivity contribution is -0.140. The topological polar surface area (TPSA) is 62.5 Å². The minimum Gasteiger partial charge on any atom is -0.378 e. The Labute approximate surface area is 202 Å². The number of hydrogen-bond acceptors (Lipinski definition) is 5. The van der Waals surface area contributed by atoms with Gasteiger partial charge >= 0.3 is 6.18 Å². The third kappa shape index (κ3) is 4.22. The van der Waals surface area contributed by atoms with Gasteiger partial charge in [-0.3, -0.25) is 9.20 Å². The van der Waals surface area contributed by atoms with Crippen LogP contribution in [0.1, 0.15) is 46.6 Å². The van der Waals surface area contributed by atoms with Crippen molar-refractivity contribution in [1.82, 2.24) is 14.4 Å². The second kappa shape index (κ2) is 8.42. The number of aryl methyl sites for hydroxylation is 1. The Morgan fingerprint density at radius 3 is 2.58 bits per heavy atom. The molecule has 0 bridgehead atoms. The quantitative estimate of drug-likeness (QED) is 0.266. The van der Waals surface area contributed by atoms with Crippen LogP contribution in [0.25, 0.3) is 16.6 Å². The molecule has 1 saturated heterocycles. The number of aldehydes is 1. The number of aromatic nitrogens is 3. The molecule has 2 aromatic heterocycles. The summed E-state index contributed by atoms with van der Waals surface area (Å²) in [5.41, 5.74) is 1.63. The molecule has 2 aromatic carbocycles. The highest BCUT2D eigenvalue weighted by Crippen LogP contribution is 2.37. The molecule has 11 heteroatoms. The monoisotopic (exact) mass is 503 g/mol. The number of halogens is 5. The van der Waals surface area contributed by atoms with Crippen molar-refractivity contribution in [2.24, 2.45) is 0 Å². The van der Waals surface area contributed by atoms with Crippen molar-refractivity contribution in [3.8, 4) is 0 Å². The molecule has 4 aromatic rings. The first-order valence-electron chi connectivity index (χ1n) is 11.3. The van der Waals surface area contributed by atoms with Gasteiger partial charge in [-0.15, -0.1) is 0 Å². The van der Waals surface area contributed by atoms with Gasteiger partial charge in [-0.1, -0.05) is 18.2 Å². The van der Waals surface area contributed by atoms with Gasteiger partial charge in [0, 0.05) is 41.4 Å². The molecule has 1 atom stereocenters. The van der Waals surface area contributed by atoms with Crippen LogP contribution in [0.15, 0.2) is 42.6 Å². The molecule has 0 spiro atoms. The smallest absolute Gasteiger partial charge is 0.378 e. The van der Waals surface area contributed by atoms with Crippen molar-refractivity contribution in [3.63, 3.8) is 0 Å². The van der Waals surface area contributed by atoms with Gasteiger partial charge in [0.05, 0.1) is 18.1 Å². The number of imidazole rings is 1. The van der Waals surface area contributed by atoms with Crippen molar-refractivity contribution in [1.29, 1.82) is 0 Å². The van der Waals surface area contributed by atoms with Crippen LogP contribution < -0.4 is 10.2 Å². The number of alkyl halides is 5. The van der Waals surface area contributed by atoms with Gasteiger partial charge in [-0.05, 0) is 37.6 Å². The van der Waals surface area contributed by atoms with Gasteiger partial charge in [0.25, 0.3) is 5.92 Å². The molecule has 1 aliphatic heterocycles. The predicted molar refractivity (Wildman–Crippen MR) is 126 cm³/mol. The Balaban J connectivity index is 1.73. The molecule has 188 valence electrons. The Morgan fingerprint density at radius 2 is 1.92 bits per heavy atom. The molecule has 0 saturated carbocycles. The van der Waals surface area contributed by atoms with Gasteiger partial charge in [0.15, 0.2) is 12.0 Å². The summed E-state index contributed by atoms with van der Waals surface area (Å²) < 4.78 is 70.0. The third-order valence-electron chi connectivity index (χ3n) is 6.33. The molecule has 1 fully saturated rings. The van der Waals surface area contributed by atoms with Crippen LogP contribution in [0.2, 0.25) is 0 Å². The van der Waals surface area contributed by atoms with Crippen LogP contribution in [0, 0.1) is 6.92 Å². The second-order valence-electron chi connectivity index (χ2n) is 9.08. The number of anilines is 2. The molecule has 5 rings (SSSR count). The zero-order valence-electron chi connectivity index (χ0n) is 19.4. The maximum absolute atomic E-state index is 14.0. The van der Waals surface area contributed by atoms with Crippen molar-refractivity contribution >= 4 is 34.5 Å². The average Bonchev–Trinajstić information content (AvgIpc) is 3.42. The highest BCUT2D eigenvalue weighted by atomic mass is 19.4. The summed E-state index contributed by atoms with van der Waals surface area (Å²) in [6, 6.07) is 10.0. The van der Waals surface area contributed by atoms with Crippen molar-refractivity contribution < 1.29 is 26.7 Å². The maximum Gasteiger partial charge on any atom is 0.434 e. The Hall–Kier alpha value is -3.76. The Kier molecular flexibility index (Phi) is 5.60. The van der Waals surface area contributed by atoms with Crippen LogP contribution in [0.3, 0.4) is 0 Å². The summed E-state index contributed by atoms with van der Waals surface area (Å²) in [5, 5.41) is 3.63. The third-order valence-corrected chi connectivity index (χ3v) is 6.33. The molecule has 0 aliphatic carbocycles. The number of carbonyl (C=O) groups is 1. The van der Waals surface area contributed by atoms with Crippen molar-refractivity contribution in [2.75, 3.05) is 23.3 Å². The van der Waals surface area contributed by atoms with Crippen LogP contribution in [0.4, 0.5) is 33.6 Å². The highest BCUT2D eigenvalue weighted by Gasteiger charge is 2.41. The van der Waals surface area contributed by atoms with E-state index in [4.69, 9.17) is 0 Å². The fourth-order valence-electron chi connectivity index (χ4n) is 4.62. The first-order valence-corrected chi connectivity index (χ1v) is 11.3. The van der Waals surface area contributed by atoms with Gasteiger partial charge in [0.2, 0.25) is 5.95 Å².